The molecule has 1 aromatic heterocycles. The first kappa shape index (κ1) is 18.3. The summed E-state index contributed by atoms with van der Waals surface area (Å²) in [4.78, 5) is 27.7. The number of thiophene rings is 1. The zero-order valence-corrected chi connectivity index (χ0v) is 15.9. The van der Waals surface area contributed by atoms with Crippen LogP contribution in [-0.2, 0) is 9.59 Å². The van der Waals surface area contributed by atoms with Crippen molar-refractivity contribution < 1.29 is 19.8 Å². The molecule has 1 aliphatic heterocycles. The third kappa shape index (κ3) is 2.96. The minimum atomic E-state index is -0.854. The number of halogens is 1. The molecular formula is C21H14ClNO4S. The fourth-order valence-corrected chi connectivity index (χ4v) is 4.27. The Kier molecular flexibility index (Phi) is 4.66. The number of anilines is 1. The molecule has 0 aliphatic carbocycles. The molecule has 1 aliphatic rings. The maximum atomic E-state index is 12.9. The Morgan fingerprint density at radius 1 is 1.04 bits per heavy atom. The lowest BCUT2D eigenvalue weighted by molar-refractivity contribution is -0.132. The van der Waals surface area contributed by atoms with Crippen molar-refractivity contribution in [2.24, 2.45) is 0 Å². The summed E-state index contributed by atoms with van der Waals surface area (Å²) >= 11 is 7.36. The number of hydrogen-bond donors (Lipinski definition) is 2. The largest absolute Gasteiger partial charge is 0.507 e. The summed E-state index contributed by atoms with van der Waals surface area (Å²) in [5, 5.41) is 23.4. The number of nitrogens with zero attached hydrogens (tertiary/aromatic N) is 1. The number of aliphatic hydroxyl groups is 1. The van der Waals surface area contributed by atoms with Crippen molar-refractivity contribution in [1.29, 1.82) is 0 Å². The molecule has 3 aromatic rings. The van der Waals surface area contributed by atoms with Crippen molar-refractivity contribution in [2.75, 3.05) is 4.90 Å². The quantitative estimate of drug-likeness (QED) is 0.371. The van der Waals surface area contributed by atoms with Crippen LogP contribution < -0.4 is 4.90 Å². The van der Waals surface area contributed by atoms with Gasteiger partial charge in [-0.25, -0.2) is 0 Å². The predicted molar refractivity (Wildman–Crippen MR) is 109 cm³/mol. The molecule has 2 N–H and O–H groups in total. The van der Waals surface area contributed by atoms with Crippen molar-refractivity contribution >= 4 is 46.1 Å². The first-order valence-corrected chi connectivity index (χ1v) is 9.63. The second kappa shape index (κ2) is 7.14. The van der Waals surface area contributed by atoms with Crippen LogP contribution in [0.15, 0.2) is 71.6 Å². The van der Waals surface area contributed by atoms with Gasteiger partial charge in [-0.05, 0) is 35.7 Å². The number of Topliss-reactive ketones (excluding diaryl/α,β-unsaturated/α-hetero) is 1. The SMILES string of the molecule is O=C1C(=O)N(c2ccccc2O)C(c2cccs2)/C1=C(/O)c1cccc(Cl)c1. The maximum absolute atomic E-state index is 12.9. The van der Waals surface area contributed by atoms with E-state index in [0.717, 1.165) is 0 Å². The molecule has 140 valence electrons. The average Bonchev–Trinajstić information content (AvgIpc) is 3.29. The Labute approximate surface area is 169 Å². The van der Waals surface area contributed by atoms with E-state index in [1.165, 1.54) is 28.4 Å². The predicted octanol–water partition coefficient (Wildman–Crippen LogP) is 4.73. The van der Waals surface area contributed by atoms with E-state index in [1.807, 2.05) is 5.38 Å². The lowest BCUT2D eigenvalue weighted by atomic mass is 9.99. The lowest BCUT2D eigenvalue weighted by Gasteiger charge is -2.24. The molecule has 28 heavy (non-hydrogen) atoms. The molecule has 1 unspecified atom stereocenters. The fraction of sp³-hybridized carbons (Fsp3) is 0.0476. The number of hydrogen-bond acceptors (Lipinski definition) is 5. The number of aromatic hydroxyl groups is 1. The van der Waals surface area contributed by atoms with Gasteiger partial charge in [0, 0.05) is 15.5 Å². The highest BCUT2D eigenvalue weighted by Crippen LogP contribution is 2.45. The van der Waals surface area contributed by atoms with Crippen molar-refractivity contribution in [1.82, 2.24) is 0 Å². The zero-order valence-electron chi connectivity index (χ0n) is 14.4. The second-order valence-electron chi connectivity index (χ2n) is 6.18. The van der Waals surface area contributed by atoms with Crippen LogP contribution in [0.1, 0.15) is 16.5 Å². The van der Waals surface area contributed by atoms with Crippen molar-refractivity contribution in [3.63, 3.8) is 0 Å². The molecule has 7 heteroatoms. The number of benzene rings is 2. The Morgan fingerprint density at radius 3 is 2.50 bits per heavy atom. The van der Waals surface area contributed by atoms with E-state index in [9.17, 15) is 19.8 Å². The Morgan fingerprint density at radius 2 is 1.82 bits per heavy atom. The van der Waals surface area contributed by atoms with Gasteiger partial charge >= 0.3 is 0 Å². The number of carbonyl (C=O) groups is 2. The molecule has 5 nitrogen and oxygen atoms in total. The topological polar surface area (TPSA) is 77.8 Å². The summed E-state index contributed by atoms with van der Waals surface area (Å²) in [7, 11) is 0. The summed E-state index contributed by atoms with van der Waals surface area (Å²) in [6.45, 7) is 0. The van der Waals surface area contributed by atoms with Crippen molar-refractivity contribution in [2.45, 2.75) is 6.04 Å². The van der Waals surface area contributed by atoms with Gasteiger partial charge < -0.3 is 10.2 Å². The van der Waals surface area contributed by atoms with Gasteiger partial charge in [0.05, 0.1) is 11.3 Å². The molecule has 1 atom stereocenters. The first-order chi connectivity index (χ1) is 13.5. The van der Waals surface area contributed by atoms with E-state index in [-0.39, 0.29) is 22.8 Å². The van der Waals surface area contributed by atoms with E-state index in [1.54, 1.807) is 48.5 Å². The number of phenolic OH excluding ortho intramolecular Hbond substituents is 1. The fourth-order valence-electron chi connectivity index (χ4n) is 3.26. The third-order valence-corrected chi connectivity index (χ3v) is 5.66. The van der Waals surface area contributed by atoms with Crippen LogP contribution in [0.5, 0.6) is 5.75 Å². The third-order valence-electron chi connectivity index (χ3n) is 4.50. The summed E-state index contributed by atoms with van der Waals surface area (Å²) < 4.78 is 0. The molecule has 1 saturated heterocycles. The van der Waals surface area contributed by atoms with E-state index >= 15 is 0 Å². The monoisotopic (exact) mass is 411 g/mol. The minimum absolute atomic E-state index is 0.0435. The molecule has 2 aromatic carbocycles. The van der Waals surface area contributed by atoms with Crippen LogP contribution in [-0.4, -0.2) is 21.9 Å². The molecule has 4 rings (SSSR count). The summed E-state index contributed by atoms with van der Waals surface area (Å²) in [5.74, 6) is -2.08. The maximum Gasteiger partial charge on any atom is 0.300 e. The average molecular weight is 412 g/mol. The highest BCUT2D eigenvalue weighted by Gasteiger charge is 2.48. The number of para-hydroxylation sites is 2. The standard InChI is InChI=1S/C21H14ClNO4S/c22-13-6-3-5-12(11-13)19(25)17-18(16-9-4-10-28-16)23(21(27)20(17)26)14-7-1-2-8-15(14)24/h1-11,18,24-25H/b19-17-. The van der Waals surface area contributed by atoms with Crippen LogP contribution >= 0.6 is 22.9 Å². The number of aliphatic hydroxyl groups excluding tert-OH is 1. The molecule has 0 spiro atoms. The Balaban J connectivity index is 1.96. The summed E-state index contributed by atoms with van der Waals surface area (Å²) in [5.41, 5.74) is 0.496. The lowest BCUT2D eigenvalue weighted by Crippen LogP contribution is -2.29. The van der Waals surface area contributed by atoms with Crippen LogP contribution in [0.2, 0.25) is 5.02 Å². The second-order valence-corrected chi connectivity index (χ2v) is 7.60. The van der Waals surface area contributed by atoms with Gasteiger partial charge in [0.25, 0.3) is 11.7 Å². The molecule has 1 fully saturated rings. The van der Waals surface area contributed by atoms with Gasteiger partial charge in [0.1, 0.15) is 17.6 Å². The van der Waals surface area contributed by atoms with Gasteiger partial charge in [0.2, 0.25) is 0 Å². The van der Waals surface area contributed by atoms with Crippen molar-refractivity contribution in [3.05, 3.63) is 87.1 Å². The highest BCUT2D eigenvalue weighted by molar-refractivity contribution is 7.10. The number of ketones is 1. The molecule has 1 amide bonds. The Hall–Kier alpha value is -3.09. The smallest absolute Gasteiger partial charge is 0.300 e. The minimum Gasteiger partial charge on any atom is -0.507 e. The van der Waals surface area contributed by atoms with Crippen LogP contribution in [0.25, 0.3) is 5.76 Å². The van der Waals surface area contributed by atoms with Gasteiger partial charge in [-0.3, -0.25) is 14.5 Å². The molecule has 0 saturated carbocycles. The van der Waals surface area contributed by atoms with Gasteiger partial charge in [0.15, 0.2) is 0 Å². The van der Waals surface area contributed by atoms with Gasteiger partial charge in [-0.2, -0.15) is 0 Å². The van der Waals surface area contributed by atoms with Gasteiger partial charge in [-0.15, -0.1) is 11.3 Å². The molecule has 0 bridgehead atoms. The number of amides is 1. The van der Waals surface area contributed by atoms with Crippen LogP contribution in [0.3, 0.4) is 0 Å². The number of phenols is 1. The van der Waals surface area contributed by atoms with E-state index in [4.69, 9.17) is 11.6 Å². The van der Waals surface area contributed by atoms with Gasteiger partial charge in [-0.1, -0.05) is 41.9 Å². The molecule has 0 radical (unpaired) electrons. The molecule has 2 heterocycles. The van der Waals surface area contributed by atoms with Crippen molar-refractivity contribution in [3.8, 4) is 5.75 Å². The van der Waals surface area contributed by atoms with Crippen LogP contribution in [0.4, 0.5) is 5.69 Å². The zero-order chi connectivity index (χ0) is 19.8. The molecular weight excluding hydrogens is 398 g/mol. The van der Waals surface area contributed by atoms with E-state index in [2.05, 4.69) is 0 Å². The van der Waals surface area contributed by atoms with E-state index < -0.39 is 17.7 Å². The Bertz CT molecular complexity index is 1110. The number of rotatable bonds is 3. The highest BCUT2D eigenvalue weighted by atomic mass is 35.5. The summed E-state index contributed by atoms with van der Waals surface area (Å²) in [6, 6.07) is 15.4. The number of carbonyl (C=O) groups excluding carboxylic acids is 2. The summed E-state index contributed by atoms with van der Waals surface area (Å²) in [6.07, 6.45) is 0. The first-order valence-electron chi connectivity index (χ1n) is 8.37. The normalized spacial score (nSPS) is 18.6. The van der Waals surface area contributed by atoms with Crippen LogP contribution in [0, 0.1) is 0 Å². The van der Waals surface area contributed by atoms with E-state index in [0.29, 0.717) is 15.5 Å².